The van der Waals surface area contributed by atoms with E-state index in [9.17, 15) is 0 Å². The molecule has 1 aliphatic heterocycles. The van der Waals surface area contributed by atoms with E-state index in [0.717, 1.165) is 44.2 Å². The Balaban J connectivity index is 1.39. The summed E-state index contributed by atoms with van der Waals surface area (Å²) in [7, 11) is 0. The summed E-state index contributed by atoms with van der Waals surface area (Å²) in [4.78, 5) is 6.30. The molecule has 0 radical (unpaired) electrons. The molecule has 0 unspecified atom stereocenters. The lowest BCUT2D eigenvalue weighted by atomic mass is 10.0. The molecule has 1 aromatic heterocycles. The third kappa shape index (κ3) is 5.85. The van der Waals surface area contributed by atoms with Crippen LogP contribution in [0.5, 0.6) is 0 Å². The molecule has 5 rings (SSSR count). The van der Waals surface area contributed by atoms with Crippen molar-refractivity contribution in [3.05, 3.63) is 107 Å². The minimum atomic E-state index is -0.0214. The van der Waals surface area contributed by atoms with E-state index in [1.165, 1.54) is 27.1 Å². The number of rotatable bonds is 8. The first-order valence-electron chi connectivity index (χ1n) is 12.8. The minimum absolute atomic E-state index is 0.0214. The summed E-state index contributed by atoms with van der Waals surface area (Å²) < 4.78 is 1.95. The maximum atomic E-state index is 4.60. The Kier molecular flexibility index (Phi) is 8.14. The smallest absolute Gasteiger partial charge is 0.178 e. The molecule has 0 aliphatic carbocycles. The molecular formula is C30H34N6S. The molecule has 6 nitrogen and oxygen atoms in total. The van der Waals surface area contributed by atoms with Gasteiger partial charge in [0.2, 0.25) is 0 Å². The third-order valence-corrected chi connectivity index (χ3v) is 7.81. The van der Waals surface area contributed by atoms with E-state index in [0.29, 0.717) is 0 Å². The molecular weight excluding hydrogens is 476 g/mol. The van der Waals surface area contributed by atoms with E-state index in [1.54, 1.807) is 11.8 Å². The van der Waals surface area contributed by atoms with Crippen LogP contribution in [0.2, 0.25) is 0 Å². The van der Waals surface area contributed by atoms with Gasteiger partial charge in [-0.3, -0.25) is 9.80 Å². The molecule has 37 heavy (non-hydrogen) atoms. The molecule has 4 aromatic rings. The van der Waals surface area contributed by atoms with Crippen molar-refractivity contribution in [1.82, 2.24) is 30.0 Å². The molecule has 1 fully saturated rings. The molecule has 1 saturated heterocycles. The monoisotopic (exact) mass is 510 g/mol. The molecule has 3 aromatic carbocycles. The Bertz CT molecular complexity index is 1300. The van der Waals surface area contributed by atoms with Crippen LogP contribution < -0.4 is 0 Å². The highest BCUT2D eigenvalue weighted by Crippen LogP contribution is 2.32. The number of aromatic nitrogens is 4. The maximum absolute atomic E-state index is 4.60. The lowest BCUT2D eigenvalue weighted by Gasteiger charge is -2.38. The normalized spacial score (nSPS) is 15.9. The number of tetrazole rings is 1. The van der Waals surface area contributed by atoms with E-state index < -0.39 is 0 Å². The topological polar surface area (TPSA) is 50.1 Å². The Hall–Kier alpha value is -3.26. The van der Waals surface area contributed by atoms with Crippen molar-refractivity contribution in [2.24, 2.45) is 0 Å². The first kappa shape index (κ1) is 25.4. The third-order valence-electron chi connectivity index (χ3n) is 7.07. The second-order valence-corrected chi connectivity index (χ2v) is 10.4. The zero-order valence-corrected chi connectivity index (χ0v) is 22.6. The standard InChI is InChI=1S/C30H34N6S/c1-23-9-7-10-24(2)28(23)36-30(31-32-33-36)29(26-14-16-27(37-3)17-15-26)35-21-19-34(20-22-35)18-8-13-25-11-5-4-6-12-25/h4-17,29H,18-22H2,1-3H3/b13-8+/t29-/m0/s1. The Morgan fingerprint density at radius 1 is 0.865 bits per heavy atom. The van der Waals surface area contributed by atoms with Gasteiger partial charge in [0.05, 0.1) is 11.7 Å². The van der Waals surface area contributed by atoms with Gasteiger partial charge in [-0.25, -0.2) is 0 Å². The van der Waals surface area contributed by atoms with Crippen LogP contribution >= 0.6 is 11.8 Å². The molecule has 2 heterocycles. The van der Waals surface area contributed by atoms with Crippen molar-refractivity contribution in [3.63, 3.8) is 0 Å². The average molecular weight is 511 g/mol. The number of aryl methyl sites for hydroxylation is 2. The number of nitrogens with zero attached hydrogens (tertiary/aromatic N) is 6. The molecule has 1 aliphatic rings. The predicted molar refractivity (Wildman–Crippen MR) is 152 cm³/mol. The summed E-state index contributed by atoms with van der Waals surface area (Å²) in [6.07, 6.45) is 6.59. The van der Waals surface area contributed by atoms with Crippen LogP contribution in [0.15, 0.2) is 83.8 Å². The van der Waals surface area contributed by atoms with Crippen LogP contribution in [0.3, 0.4) is 0 Å². The number of piperazine rings is 1. The van der Waals surface area contributed by atoms with Crippen LogP contribution in [0, 0.1) is 13.8 Å². The van der Waals surface area contributed by atoms with Crippen molar-refractivity contribution in [1.29, 1.82) is 0 Å². The molecule has 190 valence electrons. The number of benzene rings is 3. The van der Waals surface area contributed by atoms with Gasteiger partial charge in [-0.05, 0) is 64.9 Å². The Morgan fingerprint density at radius 2 is 1.57 bits per heavy atom. The van der Waals surface area contributed by atoms with Gasteiger partial charge in [-0.15, -0.1) is 16.9 Å². The van der Waals surface area contributed by atoms with Gasteiger partial charge in [0.15, 0.2) is 5.82 Å². The van der Waals surface area contributed by atoms with Gasteiger partial charge >= 0.3 is 0 Å². The Labute approximate surface area is 224 Å². The van der Waals surface area contributed by atoms with Crippen LogP contribution in [0.1, 0.15) is 34.1 Å². The van der Waals surface area contributed by atoms with Crippen LogP contribution in [-0.2, 0) is 0 Å². The average Bonchev–Trinajstić information content (AvgIpc) is 3.39. The second-order valence-electron chi connectivity index (χ2n) is 9.51. The fraction of sp³-hybridized carbons (Fsp3) is 0.300. The van der Waals surface area contributed by atoms with Crippen molar-refractivity contribution in [2.45, 2.75) is 24.8 Å². The van der Waals surface area contributed by atoms with Crippen molar-refractivity contribution < 1.29 is 0 Å². The first-order chi connectivity index (χ1) is 18.1. The number of hydrogen-bond donors (Lipinski definition) is 0. The van der Waals surface area contributed by atoms with Gasteiger partial charge in [-0.1, -0.05) is 72.8 Å². The molecule has 0 spiro atoms. The van der Waals surface area contributed by atoms with Gasteiger partial charge in [-0.2, -0.15) is 4.68 Å². The molecule has 0 amide bonds. The summed E-state index contributed by atoms with van der Waals surface area (Å²) in [5.74, 6) is 0.867. The molecule has 7 heteroatoms. The van der Waals surface area contributed by atoms with Gasteiger partial charge < -0.3 is 0 Å². The lowest BCUT2D eigenvalue weighted by Crippen LogP contribution is -2.48. The van der Waals surface area contributed by atoms with E-state index in [-0.39, 0.29) is 6.04 Å². The van der Waals surface area contributed by atoms with Crippen molar-refractivity contribution >= 4 is 17.8 Å². The van der Waals surface area contributed by atoms with E-state index >= 15 is 0 Å². The zero-order chi connectivity index (χ0) is 25.6. The zero-order valence-electron chi connectivity index (χ0n) is 21.8. The Morgan fingerprint density at radius 3 is 2.24 bits per heavy atom. The van der Waals surface area contributed by atoms with Gasteiger partial charge in [0, 0.05) is 37.6 Å². The van der Waals surface area contributed by atoms with Crippen LogP contribution in [-0.4, -0.2) is 69.0 Å². The summed E-state index contributed by atoms with van der Waals surface area (Å²) in [6.45, 7) is 9.11. The highest BCUT2D eigenvalue weighted by atomic mass is 32.2. The maximum Gasteiger partial charge on any atom is 0.178 e. The van der Waals surface area contributed by atoms with Crippen LogP contribution in [0.25, 0.3) is 11.8 Å². The number of hydrogen-bond acceptors (Lipinski definition) is 6. The summed E-state index contributed by atoms with van der Waals surface area (Å²) in [5, 5.41) is 13.2. The molecule has 0 N–H and O–H groups in total. The van der Waals surface area contributed by atoms with Crippen molar-refractivity contribution in [3.8, 4) is 5.69 Å². The molecule has 0 bridgehead atoms. The summed E-state index contributed by atoms with van der Waals surface area (Å²) >= 11 is 1.76. The number of thioether (sulfide) groups is 1. The fourth-order valence-corrected chi connectivity index (χ4v) is 5.49. The van der Waals surface area contributed by atoms with E-state index in [4.69, 9.17) is 0 Å². The van der Waals surface area contributed by atoms with Crippen LogP contribution in [0.4, 0.5) is 0 Å². The summed E-state index contributed by atoms with van der Waals surface area (Å²) in [6, 6.07) is 25.7. The van der Waals surface area contributed by atoms with Crippen molar-refractivity contribution in [2.75, 3.05) is 39.0 Å². The minimum Gasteiger partial charge on any atom is -0.297 e. The molecule has 0 saturated carbocycles. The SMILES string of the molecule is CSc1ccc([C@@H](c2nnnn2-c2c(C)cccc2C)N2CCN(C/C=C/c3ccccc3)CC2)cc1. The lowest BCUT2D eigenvalue weighted by molar-refractivity contribution is 0.113. The predicted octanol–water partition coefficient (Wildman–Crippen LogP) is 5.42. The first-order valence-corrected chi connectivity index (χ1v) is 14.0. The van der Waals surface area contributed by atoms with Gasteiger partial charge in [0.1, 0.15) is 0 Å². The molecule has 1 atom stereocenters. The largest absolute Gasteiger partial charge is 0.297 e. The second kappa shape index (κ2) is 11.9. The highest BCUT2D eigenvalue weighted by Gasteiger charge is 2.31. The summed E-state index contributed by atoms with van der Waals surface area (Å²) in [5.41, 5.74) is 5.86. The van der Waals surface area contributed by atoms with E-state index in [1.807, 2.05) is 4.68 Å². The van der Waals surface area contributed by atoms with Gasteiger partial charge in [0.25, 0.3) is 0 Å². The highest BCUT2D eigenvalue weighted by molar-refractivity contribution is 7.98. The number of para-hydroxylation sites is 1. The quantitative estimate of drug-likeness (QED) is 0.295. The van der Waals surface area contributed by atoms with E-state index in [2.05, 4.69) is 130 Å². The fourth-order valence-electron chi connectivity index (χ4n) is 5.08.